The number of halogens is 1. The smallest absolute Gasteiger partial charge is 0.339 e. The van der Waals surface area contributed by atoms with Gasteiger partial charge in [-0.15, -0.1) is 0 Å². The molecule has 9 heteroatoms. The number of benzene rings is 2. The van der Waals surface area contributed by atoms with E-state index >= 15 is 0 Å². The monoisotopic (exact) mass is 411 g/mol. The van der Waals surface area contributed by atoms with Gasteiger partial charge in [-0.25, -0.2) is 4.79 Å². The van der Waals surface area contributed by atoms with E-state index in [0.717, 1.165) is 6.07 Å². The molecule has 0 fully saturated rings. The van der Waals surface area contributed by atoms with Gasteiger partial charge in [-0.1, -0.05) is 41.9 Å². The van der Waals surface area contributed by atoms with Crippen LogP contribution in [0.4, 0.5) is 11.4 Å². The standard InChI is InChI=1S/C20H14ClN3O5/c21-16-12-15(24(27)28)6-7-17(16)23-19(25)18(13-4-2-1-3-5-13)29-20(26)14-8-10-22-11-9-14/h1-12,18H,(H,23,25). The molecule has 8 nitrogen and oxygen atoms in total. The van der Waals surface area contributed by atoms with Crippen molar-refractivity contribution in [1.82, 2.24) is 4.98 Å². The molecule has 1 aromatic heterocycles. The van der Waals surface area contributed by atoms with Gasteiger partial charge in [-0.3, -0.25) is 19.9 Å². The van der Waals surface area contributed by atoms with E-state index in [-0.39, 0.29) is 22.0 Å². The second-order valence-corrected chi connectivity index (χ2v) is 6.25. The highest BCUT2D eigenvalue weighted by molar-refractivity contribution is 6.34. The first-order valence-corrected chi connectivity index (χ1v) is 8.74. The van der Waals surface area contributed by atoms with Crippen molar-refractivity contribution in [1.29, 1.82) is 0 Å². The SMILES string of the molecule is O=C(OC(C(=O)Nc1ccc([N+](=O)[O-])cc1Cl)c1ccccc1)c1ccncc1. The van der Waals surface area contributed by atoms with Crippen LogP contribution in [-0.4, -0.2) is 21.8 Å². The summed E-state index contributed by atoms with van der Waals surface area (Å²) in [6, 6.07) is 15.0. The van der Waals surface area contributed by atoms with Crippen LogP contribution >= 0.6 is 11.6 Å². The number of carbonyl (C=O) groups is 2. The van der Waals surface area contributed by atoms with Crippen molar-refractivity contribution >= 4 is 34.9 Å². The number of nitro groups is 1. The molecule has 0 aliphatic heterocycles. The molecule has 1 amide bonds. The van der Waals surface area contributed by atoms with Gasteiger partial charge in [0, 0.05) is 30.1 Å². The molecule has 1 heterocycles. The number of rotatable bonds is 6. The molecule has 0 aliphatic carbocycles. The average Bonchev–Trinajstić information content (AvgIpc) is 2.74. The van der Waals surface area contributed by atoms with Crippen LogP contribution in [0.15, 0.2) is 73.1 Å². The Morgan fingerprint density at radius 2 is 1.76 bits per heavy atom. The Hall–Kier alpha value is -3.78. The van der Waals surface area contributed by atoms with Crippen LogP contribution in [0.25, 0.3) is 0 Å². The molecule has 0 radical (unpaired) electrons. The molecule has 0 saturated heterocycles. The molecule has 146 valence electrons. The number of esters is 1. The first-order valence-electron chi connectivity index (χ1n) is 8.36. The van der Waals surface area contributed by atoms with Gasteiger partial charge in [0.05, 0.1) is 21.2 Å². The molecular formula is C20H14ClN3O5. The number of nitro benzene ring substituents is 1. The molecular weight excluding hydrogens is 398 g/mol. The summed E-state index contributed by atoms with van der Waals surface area (Å²) in [5, 5.41) is 13.4. The van der Waals surface area contributed by atoms with E-state index in [1.807, 2.05) is 0 Å². The number of pyridine rings is 1. The first kappa shape index (κ1) is 20.0. The summed E-state index contributed by atoms with van der Waals surface area (Å²) < 4.78 is 5.43. The van der Waals surface area contributed by atoms with E-state index in [0.29, 0.717) is 5.56 Å². The third-order valence-electron chi connectivity index (χ3n) is 3.90. The topological polar surface area (TPSA) is 111 Å². The second kappa shape index (κ2) is 8.94. The summed E-state index contributed by atoms with van der Waals surface area (Å²) in [6.07, 6.45) is 1.61. The summed E-state index contributed by atoms with van der Waals surface area (Å²) in [6.45, 7) is 0. The minimum Gasteiger partial charge on any atom is -0.444 e. The van der Waals surface area contributed by atoms with Crippen molar-refractivity contribution in [2.45, 2.75) is 6.10 Å². The van der Waals surface area contributed by atoms with Crippen LogP contribution in [0.1, 0.15) is 22.0 Å². The lowest BCUT2D eigenvalue weighted by molar-refractivity contribution is -0.384. The normalized spacial score (nSPS) is 11.3. The molecule has 0 saturated carbocycles. The average molecular weight is 412 g/mol. The third-order valence-corrected chi connectivity index (χ3v) is 4.22. The highest BCUT2D eigenvalue weighted by Crippen LogP contribution is 2.28. The van der Waals surface area contributed by atoms with Crippen LogP contribution in [0.2, 0.25) is 5.02 Å². The number of hydrogen-bond donors (Lipinski definition) is 1. The Labute approximate surface area is 170 Å². The molecule has 3 rings (SSSR count). The van der Waals surface area contributed by atoms with E-state index in [1.54, 1.807) is 30.3 Å². The van der Waals surface area contributed by atoms with Crippen molar-refractivity contribution in [3.63, 3.8) is 0 Å². The van der Waals surface area contributed by atoms with E-state index in [9.17, 15) is 19.7 Å². The number of amides is 1. The van der Waals surface area contributed by atoms with Gasteiger partial charge in [0.1, 0.15) is 0 Å². The van der Waals surface area contributed by atoms with Crippen molar-refractivity contribution < 1.29 is 19.2 Å². The maximum absolute atomic E-state index is 12.9. The first-order chi connectivity index (χ1) is 14.0. The minimum absolute atomic E-state index is 0.0141. The number of ether oxygens (including phenoxy) is 1. The van der Waals surface area contributed by atoms with Crippen LogP contribution in [0, 0.1) is 10.1 Å². The Bertz CT molecular complexity index is 1040. The zero-order chi connectivity index (χ0) is 20.8. The quantitative estimate of drug-likeness (QED) is 0.370. The minimum atomic E-state index is -1.26. The summed E-state index contributed by atoms with van der Waals surface area (Å²) in [5.74, 6) is -1.36. The van der Waals surface area contributed by atoms with Crippen molar-refractivity contribution in [2.75, 3.05) is 5.32 Å². The Kier molecular flexibility index (Phi) is 6.16. The molecule has 0 spiro atoms. The highest BCUT2D eigenvalue weighted by atomic mass is 35.5. The van der Waals surface area contributed by atoms with E-state index in [1.165, 1.54) is 36.7 Å². The van der Waals surface area contributed by atoms with Crippen LogP contribution in [0.5, 0.6) is 0 Å². The predicted molar refractivity (Wildman–Crippen MR) is 106 cm³/mol. The zero-order valence-corrected chi connectivity index (χ0v) is 15.6. The predicted octanol–water partition coefficient (Wildman–Crippen LogP) is 4.18. The molecule has 1 N–H and O–H groups in total. The number of non-ortho nitro benzene ring substituents is 1. The summed E-state index contributed by atoms with van der Waals surface area (Å²) in [4.78, 5) is 39.4. The summed E-state index contributed by atoms with van der Waals surface area (Å²) in [5.41, 5.74) is 0.632. The molecule has 3 aromatic rings. The Balaban J connectivity index is 1.85. The van der Waals surface area contributed by atoms with Crippen molar-refractivity contribution in [3.8, 4) is 0 Å². The zero-order valence-electron chi connectivity index (χ0n) is 14.8. The van der Waals surface area contributed by atoms with E-state index in [2.05, 4.69) is 10.3 Å². The maximum Gasteiger partial charge on any atom is 0.339 e. The number of nitrogens with zero attached hydrogens (tertiary/aromatic N) is 2. The molecule has 29 heavy (non-hydrogen) atoms. The fourth-order valence-electron chi connectivity index (χ4n) is 2.48. The van der Waals surface area contributed by atoms with Gasteiger partial charge in [0.15, 0.2) is 0 Å². The number of hydrogen-bond acceptors (Lipinski definition) is 6. The van der Waals surface area contributed by atoms with Gasteiger partial charge >= 0.3 is 5.97 Å². The lowest BCUT2D eigenvalue weighted by Crippen LogP contribution is -2.26. The van der Waals surface area contributed by atoms with E-state index < -0.39 is 22.9 Å². The fourth-order valence-corrected chi connectivity index (χ4v) is 2.70. The molecule has 1 atom stereocenters. The third kappa shape index (κ3) is 4.94. The number of nitrogens with one attached hydrogen (secondary N) is 1. The molecule has 0 bridgehead atoms. The molecule has 1 unspecified atom stereocenters. The van der Waals surface area contributed by atoms with Crippen LogP contribution in [-0.2, 0) is 9.53 Å². The number of carbonyl (C=O) groups excluding carboxylic acids is 2. The van der Waals surface area contributed by atoms with Gasteiger partial charge < -0.3 is 10.1 Å². The Morgan fingerprint density at radius 1 is 1.07 bits per heavy atom. The van der Waals surface area contributed by atoms with E-state index in [4.69, 9.17) is 16.3 Å². The van der Waals surface area contributed by atoms with Gasteiger partial charge in [-0.05, 0) is 18.2 Å². The largest absolute Gasteiger partial charge is 0.444 e. The number of aromatic nitrogens is 1. The molecule has 0 aliphatic rings. The fraction of sp³-hybridized carbons (Fsp3) is 0.0500. The second-order valence-electron chi connectivity index (χ2n) is 5.84. The lowest BCUT2D eigenvalue weighted by atomic mass is 10.1. The van der Waals surface area contributed by atoms with Gasteiger partial charge in [0.2, 0.25) is 6.10 Å². The van der Waals surface area contributed by atoms with Crippen molar-refractivity contribution in [3.05, 3.63) is 99.3 Å². The molecule has 2 aromatic carbocycles. The maximum atomic E-state index is 12.9. The van der Waals surface area contributed by atoms with Crippen molar-refractivity contribution in [2.24, 2.45) is 0 Å². The van der Waals surface area contributed by atoms with Gasteiger partial charge in [-0.2, -0.15) is 0 Å². The Morgan fingerprint density at radius 3 is 2.38 bits per heavy atom. The number of anilines is 1. The lowest BCUT2D eigenvalue weighted by Gasteiger charge is -2.18. The summed E-state index contributed by atoms with van der Waals surface area (Å²) >= 11 is 6.04. The highest BCUT2D eigenvalue weighted by Gasteiger charge is 2.26. The van der Waals surface area contributed by atoms with Crippen LogP contribution in [0.3, 0.4) is 0 Å². The summed E-state index contributed by atoms with van der Waals surface area (Å²) in [7, 11) is 0. The van der Waals surface area contributed by atoms with Gasteiger partial charge in [0.25, 0.3) is 11.6 Å². The van der Waals surface area contributed by atoms with Crippen LogP contribution < -0.4 is 5.32 Å².